The fourth-order valence-electron chi connectivity index (χ4n) is 2.86. The van der Waals surface area contributed by atoms with Gasteiger partial charge in [0.05, 0.1) is 12.4 Å². The van der Waals surface area contributed by atoms with Crippen LogP contribution in [0.5, 0.6) is 0 Å². The van der Waals surface area contributed by atoms with E-state index in [1.54, 1.807) is 0 Å². The molecule has 0 aliphatic carbocycles. The predicted molar refractivity (Wildman–Crippen MR) is 95.9 cm³/mol. The predicted octanol–water partition coefficient (Wildman–Crippen LogP) is 5.57. The molecule has 0 saturated heterocycles. The normalized spacial score (nSPS) is 10.9. The van der Waals surface area contributed by atoms with Gasteiger partial charge in [-0.05, 0) is 35.9 Å². The fourth-order valence-corrected chi connectivity index (χ4v) is 2.86. The van der Waals surface area contributed by atoms with Crippen LogP contribution in [0.3, 0.4) is 0 Å². The van der Waals surface area contributed by atoms with Crippen molar-refractivity contribution in [1.29, 1.82) is 0 Å². The maximum Gasteiger partial charge on any atom is 0.154 e. The van der Waals surface area contributed by atoms with Crippen LogP contribution in [0.4, 0.5) is 22.0 Å². The van der Waals surface area contributed by atoms with Gasteiger partial charge in [0.2, 0.25) is 0 Å². The first-order chi connectivity index (χ1) is 13.9. The molecule has 29 heavy (non-hydrogen) atoms. The summed E-state index contributed by atoms with van der Waals surface area (Å²) in [5, 5.41) is 7.58. The van der Waals surface area contributed by atoms with Crippen molar-refractivity contribution in [3.63, 3.8) is 0 Å². The van der Waals surface area contributed by atoms with Gasteiger partial charge in [-0.2, -0.15) is 5.10 Å². The second-order valence-corrected chi connectivity index (χ2v) is 6.13. The van der Waals surface area contributed by atoms with Crippen molar-refractivity contribution in [2.75, 3.05) is 0 Å². The van der Waals surface area contributed by atoms with Crippen molar-refractivity contribution in [3.05, 3.63) is 90.0 Å². The summed E-state index contributed by atoms with van der Waals surface area (Å²) in [5.74, 6) is -4.14. The van der Waals surface area contributed by atoms with Gasteiger partial charge in [-0.1, -0.05) is 6.07 Å². The summed E-state index contributed by atoms with van der Waals surface area (Å²) in [6, 6.07) is 8.86. The number of aromatic nitrogens is 3. The van der Waals surface area contributed by atoms with E-state index in [1.807, 2.05) is 0 Å². The summed E-state index contributed by atoms with van der Waals surface area (Å²) in [6.45, 7) is 0. The van der Waals surface area contributed by atoms with Crippen LogP contribution < -0.4 is 0 Å². The van der Waals surface area contributed by atoms with Crippen LogP contribution in [0.2, 0.25) is 0 Å². The average molecular weight is 399 g/mol. The third kappa shape index (κ3) is 3.69. The number of benzene rings is 2. The summed E-state index contributed by atoms with van der Waals surface area (Å²) in [4.78, 5) is 3.68. The minimum Gasteiger partial charge on any atom is -0.248 e. The second kappa shape index (κ2) is 7.38. The van der Waals surface area contributed by atoms with Gasteiger partial charge >= 0.3 is 0 Å². The Kier molecular flexibility index (Phi) is 4.75. The highest BCUT2D eigenvalue weighted by molar-refractivity contribution is 5.75. The van der Waals surface area contributed by atoms with Crippen molar-refractivity contribution in [2.24, 2.45) is 0 Å². The zero-order valence-corrected chi connectivity index (χ0v) is 14.5. The van der Waals surface area contributed by atoms with E-state index in [4.69, 9.17) is 0 Å². The van der Waals surface area contributed by atoms with E-state index in [1.165, 1.54) is 24.4 Å². The lowest BCUT2D eigenvalue weighted by Gasteiger charge is -2.09. The van der Waals surface area contributed by atoms with Gasteiger partial charge in [-0.15, -0.1) is 5.10 Å². The lowest BCUT2D eigenvalue weighted by molar-refractivity contribution is 0.575. The zero-order chi connectivity index (χ0) is 20.5. The highest BCUT2D eigenvalue weighted by Crippen LogP contribution is 2.31. The molecule has 0 saturated carbocycles. The maximum absolute atomic E-state index is 14.3. The molecule has 0 amide bonds. The standard InChI is InChI=1S/C21H10F5N3/c22-13-2-3-15(18(25)7-13)16-5-11(1-4-17(16)24)12-6-20(29-28-9-12)21-19(26)8-14(23)10-27-21/h1-10H. The topological polar surface area (TPSA) is 38.7 Å². The number of rotatable bonds is 3. The lowest BCUT2D eigenvalue weighted by atomic mass is 9.98. The number of nitrogens with zero attached hydrogens (tertiary/aromatic N) is 3. The molecule has 4 aromatic rings. The average Bonchev–Trinajstić information content (AvgIpc) is 2.69. The van der Waals surface area contributed by atoms with Crippen LogP contribution in [-0.2, 0) is 0 Å². The lowest BCUT2D eigenvalue weighted by Crippen LogP contribution is -1.96. The number of hydrogen-bond donors (Lipinski definition) is 0. The van der Waals surface area contributed by atoms with E-state index in [0.717, 1.165) is 24.4 Å². The van der Waals surface area contributed by atoms with Crippen molar-refractivity contribution in [2.45, 2.75) is 0 Å². The van der Waals surface area contributed by atoms with E-state index in [9.17, 15) is 22.0 Å². The first-order valence-electron chi connectivity index (χ1n) is 8.32. The smallest absolute Gasteiger partial charge is 0.154 e. The van der Waals surface area contributed by atoms with Gasteiger partial charge in [0, 0.05) is 28.8 Å². The van der Waals surface area contributed by atoms with Crippen LogP contribution in [-0.4, -0.2) is 15.2 Å². The Morgan fingerprint density at radius 3 is 2.14 bits per heavy atom. The van der Waals surface area contributed by atoms with Crippen molar-refractivity contribution >= 4 is 0 Å². The molecule has 2 heterocycles. The Morgan fingerprint density at radius 2 is 1.38 bits per heavy atom. The van der Waals surface area contributed by atoms with E-state index in [-0.39, 0.29) is 22.5 Å². The summed E-state index contributed by atoms with van der Waals surface area (Å²) in [5.41, 5.74) is 0.503. The molecule has 0 unspecified atom stereocenters. The molecule has 0 bridgehead atoms. The third-order valence-electron chi connectivity index (χ3n) is 4.23. The number of halogens is 5. The molecule has 3 nitrogen and oxygen atoms in total. The van der Waals surface area contributed by atoms with Gasteiger partial charge in [-0.25, -0.2) is 26.9 Å². The minimum atomic E-state index is -0.912. The van der Waals surface area contributed by atoms with E-state index in [0.29, 0.717) is 23.3 Å². The molecule has 144 valence electrons. The Bertz CT molecular complexity index is 1230. The van der Waals surface area contributed by atoms with Gasteiger partial charge in [0.15, 0.2) is 5.82 Å². The molecule has 2 aromatic heterocycles. The molecular weight excluding hydrogens is 389 g/mol. The quantitative estimate of drug-likeness (QED) is 0.423. The number of pyridine rings is 1. The minimum absolute atomic E-state index is 0.0406. The molecular formula is C21H10F5N3. The molecule has 0 aliphatic heterocycles. The summed E-state index contributed by atoms with van der Waals surface area (Å²) in [6.07, 6.45) is 2.20. The van der Waals surface area contributed by atoms with E-state index >= 15 is 0 Å². The van der Waals surface area contributed by atoms with Crippen molar-refractivity contribution in [1.82, 2.24) is 15.2 Å². The van der Waals surface area contributed by atoms with Crippen LogP contribution in [0.15, 0.2) is 60.9 Å². The molecule has 0 N–H and O–H groups in total. The summed E-state index contributed by atoms with van der Waals surface area (Å²) >= 11 is 0. The van der Waals surface area contributed by atoms with Gasteiger partial charge in [0.1, 0.15) is 34.7 Å². The van der Waals surface area contributed by atoms with E-state index < -0.39 is 29.1 Å². The fraction of sp³-hybridized carbons (Fsp3) is 0. The molecule has 8 heteroatoms. The molecule has 2 aromatic carbocycles. The van der Waals surface area contributed by atoms with E-state index in [2.05, 4.69) is 15.2 Å². The van der Waals surface area contributed by atoms with Crippen molar-refractivity contribution in [3.8, 4) is 33.6 Å². The third-order valence-corrected chi connectivity index (χ3v) is 4.23. The Morgan fingerprint density at radius 1 is 0.586 bits per heavy atom. The molecule has 0 fully saturated rings. The largest absolute Gasteiger partial charge is 0.248 e. The number of hydrogen-bond acceptors (Lipinski definition) is 3. The Labute approximate surface area is 161 Å². The molecule has 0 atom stereocenters. The van der Waals surface area contributed by atoms with Crippen LogP contribution >= 0.6 is 0 Å². The SMILES string of the molecule is Fc1ccc(-c2cc(-c3cnnc(-c4ncc(F)cc4F)c3)ccc2F)c(F)c1. The maximum atomic E-state index is 14.3. The zero-order valence-electron chi connectivity index (χ0n) is 14.5. The highest BCUT2D eigenvalue weighted by Gasteiger charge is 2.15. The van der Waals surface area contributed by atoms with Gasteiger partial charge in [-0.3, -0.25) is 0 Å². The molecule has 0 radical (unpaired) electrons. The van der Waals surface area contributed by atoms with Crippen LogP contribution in [0.25, 0.3) is 33.6 Å². The van der Waals surface area contributed by atoms with Gasteiger partial charge < -0.3 is 0 Å². The van der Waals surface area contributed by atoms with Gasteiger partial charge in [0.25, 0.3) is 0 Å². The monoisotopic (exact) mass is 399 g/mol. The first kappa shape index (κ1) is 18.7. The molecule has 0 spiro atoms. The van der Waals surface area contributed by atoms with Crippen molar-refractivity contribution < 1.29 is 22.0 Å². The summed E-state index contributed by atoms with van der Waals surface area (Å²) < 4.78 is 68.6. The van der Waals surface area contributed by atoms with Crippen LogP contribution in [0.1, 0.15) is 0 Å². The Hall–Kier alpha value is -3.68. The molecule has 0 aliphatic rings. The summed E-state index contributed by atoms with van der Waals surface area (Å²) in [7, 11) is 0. The second-order valence-electron chi connectivity index (χ2n) is 6.13. The Balaban J connectivity index is 1.80. The first-order valence-corrected chi connectivity index (χ1v) is 8.32. The van der Waals surface area contributed by atoms with Crippen LogP contribution in [0, 0.1) is 29.1 Å². The highest BCUT2D eigenvalue weighted by atomic mass is 19.1. The molecule has 4 rings (SSSR count).